The third-order valence-corrected chi connectivity index (χ3v) is 4.00. The number of rotatable bonds is 4. The molecule has 1 aromatic carbocycles. The van der Waals surface area contributed by atoms with Gasteiger partial charge in [0.15, 0.2) is 0 Å². The predicted molar refractivity (Wildman–Crippen MR) is 97.0 cm³/mol. The van der Waals surface area contributed by atoms with E-state index in [1.807, 2.05) is 0 Å². The van der Waals surface area contributed by atoms with E-state index in [2.05, 4.69) is 19.8 Å². The molecule has 0 saturated carbocycles. The quantitative estimate of drug-likeness (QED) is 0.693. The van der Waals surface area contributed by atoms with Gasteiger partial charge in [0.2, 0.25) is 0 Å². The number of hydrogen-bond donors (Lipinski definition) is 1. The molecule has 1 amide bonds. The van der Waals surface area contributed by atoms with Crippen molar-refractivity contribution in [1.82, 2.24) is 9.38 Å². The van der Waals surface area contributed by atoms with Crippen molar-refractivity contribution in [3.05, 3.63) is 64.9 Å². The van der Waals surface area contributed by atoms with Gasteiger partial charge in [0, 0.05) is 11.9 Å². The van der Waals surface area contributed by atoms with E-state index in [0.717, 1.165) is 6.20 Å². The van der Waals surface area contributed by atoms with Crippen LogP contribution in [0.1, 0.15) is 36.9 Å². The number of anilines is 1. The third kappa shape index (κ3) is 3.54. The fourth-order valence-corrected chi connectivity index (χ4v) is 2.77. The van der Waals surface area contributed by atoms with Gasteiger partial charge in [-0.1, -0.05) is 0 Å². The zero-order valence-electron chi connectivity index (χ0n) is 15.3. The van der Waals surface area contributed by atoms with Gasteiger partial charge in [0.1, 0.15) is 17.2 Å². The Morgan fingerprint density at radius 2 is 1.64 bits per heavy atom. The maximum atomic E-state index is 13.6. The molecule has 0 aliphatic carbocycles. The number of ether oxygens (including phenoxy) is 2. The Morgan fingerprint density at radius 1 is 1.04 bits per heavy atom. The first-order valence-corrected chi connectivity index (χ1v) is 8.11. The molecule has 8 nitrogen and oxygen atoms in total. The number of methoxy groups -OCH3 is 2. The second-order valence-electron chi connectivity index (χ2n) is 5.86. The van der Waals surface area contributed by atoms with E-state index in [0.29, 0.717) is 11.3 Å². The van der Waals surface area contributed by atoms with Crippen LogP contribution in [0.25, 0.3) is 5.65 Å². The van der Waals surface area contributed by atoms with E-state index in [-0.39, 0.29) is 22.5 Å². The molecule has 0 spiro atoms. The molecule has 0 bridgehead atoms. The number of amides is 1. The second-order valence-corrected chi connectivity index (χ2v) is 5.86. The van der Waals surface area contributed by atoms with Gasteiger partial charge in [-0.2, -0.15) is 0 Å². The van der Waals surface area contributed by atoms with Crippen molar-refractivity contribution in [2.75, 3.05) is 19.5 Å². The van der Waals surface area contributed by atoms with E-state index in [9.17, 15) is 18.8 Å². The zero-order valence-corrected chi connectivity index (χ0v) is 15.3. The predicted octanol–water partition coefficient (Wildman–Crippen LogP) is 2.61. The van der Waals surface area contributed by atoms with Crippen molar-refractivity contribution in [2.24, 2.45) is 0 Å². The highest BCUT2D eigenvalue weighted by Gasteiger charge is 2.19. The molecule has 0 aliphatic heterocycles. The number of fused-ring (bicyclic) bond motifs is 1. The van der Waals surface area contributed by atoms with Gasteiger partial charge in [-0.05, 0) is 37.3 Å². The lowest BCUT2D eigenvalue weighted by atomic mass is 10.1. The van der Waals surface area contributed by atoms with Crippen molar-refractivity contribution < 1.29 is 28.2 Å². The van der Waals surface area contributed by atoms with Crippen LogP contribution in [0.5, 0.6) is 0 Å². The van der Waals surface area contributed by atoms with Crippen LogP contribution in [0.15, 0.2) is 36.5 Å². The summed E-state index contributed by atoms with van der Waals surface area (Å²) in [5, 5.41) is 2.60. The number of esters is 2. The largest absolute Gasteiger partial charge is 0.465 e. The van der Waals surface area contributed by atoms with Crippen LogP contribution < -0.4 is 5.32 Å². The molecule has 1 N–H and O–H groups in total. The van der Waals surface area contributed by atoms with Gasteiger partial charge >= 0.3 is 11.9 Å². The van der Waals surface area contributed by atoms with Crippen molar-refractivity contribution in [2.45, 2.75) is 6.92 Å². The van der Waals surface area contributed by atoms with Gasteiger partial charge in [-0.25, -0.2) is 19.0 Å². The van der Waals surface area contributed by atoms with Crippen LogP contribution in [-0.4, -0.2) is 41.5 Å². The average Bonchev–Trinajstić information content (AvgIpc) is 3.01. The topological polar surface area (TPSA) is 99.0 Å². The lowest BCUT2D eigenvalue weighted by Gasteiger charge is -2.10. The minimum absolute atomic E-state index is 0.0570. The monoisotopic (exact) mass is 385 g/mol. The van der Waals surface area contributed by atoms with Crippen LogP contribution in [0, 0.1) is 12.7 Å². The van der Waals surface area contributed by atoms with Crippen LogP contribution >= 0.6 is 0 Å². The molecule has 2 aromatic heterocycles. The molecule has 2 heterocycles. The SMILES string of the molecule is COC(=O)c1cc(NC(=O)c2c(C)nc3ccc(F)cn23)cc(C(=O)OC)c1. The number of benzene rings is 1. The van der Waals surface area contributed by atoms with Crippen molar-refractivity contribution in [3.8, 4) is 0 Å². The molecule has 3 aromatic rings. The molecular weight excluding hydrogens is 369 g/mol. The summed E-state index contributed by atoms with van der Waals surface area (Å²) in [6, 6.07) is 6.70. The lowest BCUT2D eigenvalue weighted by Crippen LogP contribution is -2.17. The van der Waals surface area contributed by atoms with Gasteiger partial charge in [-0.3, -0.25) is 9.20 Å². The molecule has 9 heteroatoms. The smallest absolute Gasteiger partial charge is 0.337 e. The number of halogens is 1. The molecule has 0 saturated heterocycles. The van der Waals surface area contributed by atoms with Crippen molar-refractivity contribution >= 4 is 29.2 Å². The van der Waals surface area contributed by atoms with E-state index >= 15 is 0 Å². The fourth-order valence-electron chi connectivity index (χ4n) is 2.77. The van der Waals surface area contributed by atoms with E-state index in [4.69, 9.17) is 0 Å². The number of hydrogen-bond acceptors (Lipinski definition) is 6. The van der Waals surface area contributed by atoms with Crippen LogP contribution in [-0.2, 0) is 9.47 Å². The molecule has 0 unspecified atom stereocenters. The summed E-state index contributed by atoms with van der Waals surface area (Å²) in [6.07, 6.45) is 1.15. The number of nitrogens with zero attached hydrogens (tertiary/aromatic N) is 2. The third-order valence-electron chi connectivity index (χ3n) is 4.00. The van der Waals surface area contributed by atoms with Crippen LogP contribution in [0.4, 0.5) is 10.1 Å². The van der Waals surface area contributed by atoms with E-state index in [1.165, 1.54) is 49.0 Å². The van der Waals surface area contributed by atoms with Crippen molar-refractivity contribution in [1.29, 1.82) is 0 Å². The van der Waals surface area contributed by atoms with Crippen LogP contribution in [0.3, 0.4) is 0 Å². The summed E-state index contributed by atoms with van der Waals surface area (Å²) < 4.78 is 24.3. The Labute approximate surface area is 158 Å². The summed E-state index contributed by atoms with van der Waals surface area (Å²) in [5.74, 6) is -2.49. The van der Waals surface area contributed by atoms with Gasteiger partial charge < -0.3 is 14.8 Å². The number of carbonyl (C=O) groups excluding carboxylic acids is 3. The Bertz CT molecular complexity index is 1070. The van der Waals surface area contributed by atoms with Gasteiger partial charge in [-0.15, -0.1) is 0 Å². The highest BCUT2D eigenvalue weighted by Crippen LogP contribution is 2.20. The Balaban J connectivity index is 2.02. The number of imidazole rings is 1. The first-order valence-electron chi connectivity index (χ1n) is 8.11. The number of aromatic nitrogens is 2. The highest BCUT2D eigenvalue weighted by molar-refractivity contribution is 6.06. The second kappa shape index (κ2) is 7.47. The highest BCUT2D eigenvalue weighted by atomic mass is 19.1. The lowest BCUT2D eigenvalue weighted by molar-refractivity contribution is 0.0599. The Kier molecular flexibility index (Phi) is 5.08. The normalized spacial score (nSPS) is 10.6. The number of pyridine rings is 1. The van der Waals surface area contributed by atoms with Crippen molar-refractivity contribution in [3.63, 3.8) is 0 Å². The van der Waals surface area contributed by atoms with E-state index in [1.54, 1.807) is 6.92 Å². The minimum Gasteiger partial charge on any atom is -0.465 e. The molecular formula is C19H16FN3O5. The molecule has 28 heavy (non-hydrogen) atoms. The zero-order chi connectivity index (χ0) is 20.4. The maximum absolute atomic E-state index is 13.6. The number of aryl methyl sites for hydroxylation is 1. The van der Waals surface area contributed by atoms with Crippen LogP contribution in [0.2, 0.25) is 0 Å². The maximum Gasteiger partial charge on any atom is 0.337 e. The fraction of sp³-hybridized carbons (Fsp3) is 0.158. The molecule has 3 rings (SSSR count). The molecule has 0 atom stereocenters. The number of nitrogens with one attached hydrogen (secondary N) is 1. The summed E-state index contributed by atoms with van der Waals surface area (Å²) in [4.78, 5) is 40.8. The number of carbonyl (C=O) groups is 3. The first kappa shape index (κ1) is 19.0. The molecule has 144 valence electrons. The standard InChI is InChI=1S/C19H16FN3O5/c1-10-16(23-9-13(20)4-5-15(23)21-10)17(24)22-14-7-11(18(25)27-2)6-12(8-14)19(26)28-3/h4-9H,1-3H3,(H,22,24). The Hall–Kier alpha value is -3.75. The summed E-state index contributed by atoms with van der Waals surface area (Å²) in [7, 11) is 2.39. The Morgan fingerprint density at radius 3 is 2.21 bits per heavy atom. The van der Waals surface area contributed by atoms with E-state index < -0.39 is 23.7 Å². The average molecular weight is 385 g/mol. The summed E-state index contributed by atoms with van der Waals surface area (Å²) >= 11 is 0. The molecule has 0 aliphatic rings. The van der Waals surface area contributed by atoms with Gasteiger partial charge in [0.25, 0.3) is 5.91 Å². The molecule has 0 radical (unpaired) electrons. The first-order chi connectivity index (χ1) is 13.3. The summed E-state index contributed by atoms with van der Waals surface area (Å²) in [6.45, 7) is 1.62. The molecule has 0 fully saturated rings. The minimum atomic E-state index is -0.686. The van der Waals surface area contributed by atoms with Gasteiger partial charge in [0.05, 0.1) is 31.0 Å². The summed E-state index contributed by atoms with van der Waals surface area (Å²) in [5.41, 5.74) is 1.20.